The van der Waals surface area contributed by atoms with Crippen molar-refractivity contribution in [2.75, 3.05) is 5.88 Å². The van der Waals surface area contributed by atoms with E-state index < -0.39 is 0 Å². The van der Waals surface area contributed by atoms with Gasteiger partial charge in [-0.3, -0.25) is 4.57 Å². The van der Waals surface area contributed by atoms with Gasteiger partial charge in [0.1, 0.15) is 11.6 Å². The van der Waals surface area contributed by atoms with Crippen LogP contribution in [0.2, 0.25) is 10.0 Å². The third kappa shape index (κ3) is 2.73. The molecule has 0 radical (unpaired) electrons. The third-order valence-corrected chi connectivity index (χ3v) is 3.90. The molecule has 2 nitrogen and oxygen atoms in total. The molecule has 0 atom stereocenters. The molecule has 0 aliphatic rings. The van der Waals surface area contributed by atoms with Gasteiger partial charge >= 0.3 is 0 Å². The largest absolute Gasteiger partial charge is 0.295 e. The molecule has 108 valence electrons. The van der Waals surface area contributed by atoms with Crippen LogP contribution in [0.25, 0.3) is 16.7 Å². The van der Waals surface area contributed by atoms with Gasteiger partial charge in [-0.1, -0.05) is 23.2 Å². The molecule has 0 saturated carbocycles. The van der Waals surface area contributed by atoms with Crippen molar-refractivity contribution in [2.45, 2.75) is 6.42 Å². The van der Waals surface area contributed by atoms with E-state index in [0.717, 1.165) is 16.9 Å². The Hall–Kier alpha value is -1.29. The lowest BCUT2D eigenvalue weighted by atomic mass is 10.2. The maximum Gasteiger partial charge on any atom is 0.125 e. The van der Waals surface area contributed by atoms with Gasteiger partial charge in [-0.25, -0.2) is 9.37 Å². The zero-order valence-electron chi connectivity index (χ0n) is 10.8. The zero-order chi connectivity index (χ0) is 15.0. The monoisotopic (exact) mass is 342 g/mol. The summed E-state index contributed by atoms with van der Waals surface area (Å²) in [4.78, 5) is 4.52. The van der Waals surface area contributed by atoms with Crippen LogP contribution in [0.15, 0.2) is 36.4 Å². The Balaban J connectivity index is 2.33. The Labute approximate surface area is 136 Å². The molecule has 6 heteroatoms. The quantitative estimate of drug-likeness (QED) is 0.594. The van der Waals surface area contributed by atoms with E-state index in [1.165, 1.54) is 18.2 Å². The predicted molar refractivity (Wildman–Crippen MR) is 85.5 cm³/mol. The van der Waals surface area contributed by atoms with Crippen LogP contribution < -0.4 is 0 Å². The summed E-state index contributed by atoms with van der Waals surface area (Å²) < 4.78 is 15.4. The molecule has 0 saturated heterocycles. The molecule has 0 amide bonds. The smallest absolute Gasteiger partial charge is 0.125 e. The lowest BCUT2D eigenvalue weighted by Crippen LogP contribution is -2.03. The fraction of sp³-hybridized carbons (Fsp3) is 0.133. The summed E-state index contributed by atoms with van der Waals surface area (Å²) in [5, 5.41) is 1.04. The highest BCUT2D eigenvalue weighted by Gasteiger charge is 2.15. The lowest BCUT2D eigenvalue weighted by molar-refractivity contribution is 0.626. The number of alkyl halides is 1. The van der Waals surface area contributed by atoms with Crippen LogP contribution in [0.3, 0.4) is 0 Å². The summed E-state index contributed by atoms with van der Waals surface area (Å²) in [6.45, 7) is 0. The molecule has 2 aromatic carbocycles. The van der Waals surface area contributed by atoms with Gasteiger partial charge in [-0.05, 0) is 36.4 Å². The SMILES string of the molecule is Fc1ccc(Cl)c(-n2c(CCCl)nc3cc(Cl)ccc32)c1. The number of halogens is 4. The number of imidazole rings is 1. The number of rotatable bonds is 3. The average molecular weight is 344 g/mol. The van der Waals surface area contributed by atoms with Crippen LogP contribution in [-0.4, -0.2) is 15.4 Å². The Morgan fingerprint density at radius 1 is 1.10 bits per heavy atom. The van der Waals surface area contributed by atoms with Gasteiger partial charge in [-0.15, -0.1) is 11.6 Å². The number of nitrogens with zero attached hydrogens (tertiary/aromatic N) is 2. The van der Waals surface area contributed by atoms with Crippen LogP contribution >= 0.6 is 34.8 Å². The fourth-order valence-electron chi connectivity index (χ4n) is 2.28. The molecule has 0 bridgehead atoms. The number of aromatic nitrogens is 2. The van der Waals surface area contributed by atoms with Gasteiger partial charge < -0.3 is 0 Å². The molecule has 0 N–H and O–H groups in total. The van der Waals surface area contributed by atoms with Crippen LogP contribution in [0.1, 0.15) is 5.82 Å². The Morgan fingerprint density at radius 3 is 2.67 bits per heavy atom. The van der Waals surface area contributed by atoms with Crippen molar-refractivity contribution in [2.24, 2.45) is 0 Å². The van der Waals surface area contributed by atoms with Crippen molar-refractivity contribution in [3.63, 3.8) is 0 Å². The molecule has 1 aromatic heterocycles. The van der Waals surface area contributed by atoms with E-state index in [9.17, 15) is 4.39 Å². The first-order valence-corrected chi connectivity index (χ1v) is 7.57. The highest BCUT2D eigenvalue weighted by molar-refractivity contribution is 6.32. The van der Waals surface area contributed by atoms with E-state index >= 15 is 0 Å². The van der Waals surface area contributed by atoms with Crippen molar-refractivity contribution in [1.29, 1.82) is 0 Å². The third-order valence-electron chi connectivity index (χ3n) is 3.15. The number of hydrogen-bond acceptors (Lipinski definition) is 1. The van der Waals surface area contributed by atoms with Crippen molar-refractivity contribution >= 4 is 45.8 Å². The average Bonchev–Trinajstić information content (AvgIpc) is 2.79. The minimum atomic E-state index is -0.359. The second-order valence-electron chi connectivity index (χ2n) is 4.53. The highest BCUT2D eigenvalue weighted by Crippen LogP contribution is 2.29. The second kappa shape index (κ2) is 5.84. The number of hydrogen-bond donors (Lipinski definition) is 0. The minimum Gasteiger partial charge on any atom is -0.295 e. The van der Waals surface area contributed by atoms with Crippen LogP contribution in [0.4, 0.5) is 4.39 Å². The van der Waals surface area contributed by atoms with Crippen molar-refractivity contribution < 1.29 is 4.39 Å². The van der Waals surface area contributed by atoms with Crippen LogP contribution in [0, 0.1) is 5.82 Å². The maximum atomic E-state index is 13.6. The van der Waals surface area contributed by atoms with E-state index in [0.29, 0.717) is 28.0 Å². The molecule has 1 heterocycles. The first-order chi connectivity index (χ1) is 10.1. The number of aryl methyl sites for hydroxylation is 1. The summed E-state index contributed by atoms with van der Waals surface area (Å²) in [6, 6.07) is 9.60. The molecule has 0 aliphatic carbocycles. The Kier molecular flexibility index (Phi) is 4.07. The van der Waals surface area contributed by atoms with E-state index in [1.54, 1.807) is 12.1 Å². The molecule has 3 rings (SSSR count). The van der Waals surface area contributed by atoms with E-state index in [-0.39, 0.29) is 5.82 Å². The van der Waals surface area contributed by atoms with Gasteiger partial charge in [0.15, 0.2) is 0 Å². The molecule has 3 aromatic rings. The molecule has 0 unspecified atom stereocenters. The van der Waals surface area contributed by atoms with Crippen molar-refractivity contribution in [3.8, 4) is 5.69 Å². The van der Waals surface area contributed by atoms with Gasteiger partial charge in [0.25, 0.3) is 0 Å². The van der Waals surface area contributed by atoms with Crippen molar-refractivity contribution in [3.05, 3.63) is 58.1 Å². The van der Waals surface area contributed by atoms with Gasteiger partial charge in [0.05, 0.1) is 21.7 Å². The summed E-state index contributed by atoms with van der Waals surface area (Å²) in [7, 11) is 0. The maximum absolute atomic E-state index is 13.6. The minimum absolute atomic E-state index is 0.359. The lowest BCUT2D eigenvalue weighted by Gasteiger charge is -2.10. The van der Waals surface area contributed by atoms with Gasteiger partial charge in [0.2, 0.25) is 0 Å². The summed E-state index contributed by atoms with van der Waals surface area (Å²) in [5.41, 5.74) is 2.08. The van der Waals surface area contributed by atoms with E-state index in [2.05, 4.69) is 4.98 Å². The first-order valence-electron chi connectivity index (χ1n) is 6.28. The molecule has 21 heavy (non-hydrogen) atoms. The summed E-state index contributed by atoms with van der Waals surface area (Å²) >= 11 is 18.1. The second-order valence-corrected chi connectivity index (χ2v) is 5.75. The molecule has 0 fully saturated rings. The van der Waals surface area contributed by atoms with E-state index in [4.69, 9.17) is 34.8 Å². The topological polar surface area (TPSA) is 17.8 Å². The fourth-order valence-corrected chi connectivity index (χ4v) is 2.82. The molecular weight excluding hydrogens is 334 g/mol. The first kappa shape index (κ1) is 14.6. The number of fused-ring (bicyclic) bond motifs is 1. The Morgan fingerprint density at radius 2 is 1.90 bits per heavy atom. The summed E-state index contributed by atoms with van der Waals surface area (Å²) in [6.07, 6.45) is 0.542. The van der Waals surface area contributed by atoms with Crippen LogP contribution in [0.5, 0.6) is 0 Å². The molecule has 0 aliphatic heterocycles. The highest BCUT2D eigenvalue weighted by atomic mass is 35.5. The van der Waals surface area contributed by atoms with Crippen LogP contribution in [-0.2, 0) is 6.42 Å². The molecular formula is C15H10Cl3FN2. The zero-order valence-corrected chi connectivity index (χ0v) is 13.1. The normalized spacial score (nSPS) is 11.2. The van der Waals surface area contributed by atoms with Gasteiger partial charge in [-0.2, -0.15) is 0 Å². The summed E-state index contributed by atoms with van der Waals surface area (Å²) in [5.74, 6) is 0.765. The molecule has 0 spiro atoms. The predicted octanol–water partition coefficient (Wildman–Crippen LogP) is 5.25. The number of benzene rings is 2. The van der Waals surface area contributed by atoms with Crippen molar-refractivity contribution in [1.82, 2.24) is 9.55 Å². The van der Waals surface area contributed by atoms with E-state index in [1.807, 2.05) is 10.6 Å². The Bertz CT molecular complexity index is 814. The van der Waals surface area contributed by atoms with Gasteiger partial charge in [0, 0.05) is 17.3 Å². The standard InChI is InChI=1S/C15H10Cl3FN2/c16-6-5-15-20-12-7-9(17)1-4-13(12)21(15)14-8-10(19)2-3-11(14)18/h1-4,7-8H,5-6H2.